The summed E-state index contributed by atoms with van der Waals surface area (Å²) in [7, 11) is 1.58. The summed E-state index contributed by atoms with van der Waals surface area (Å²) in [5.41, 5.74) is 2.07. The van der Waals surface area contributed by atoms with Crippen LogP contribution in [0.5, 0.6) is 5.75 Å². The Balaban J connectivity index is 1.82. The van der Waals surface area contributed by atoms with Crippen LogP contribution < -0.4 is 10.1 Å². The minimum Gasteiger partial charge on any atom is -0.484 e. The Morgan fingerprint density at radius 1 is 1.53 bits per heavy atom. The van der Waals surface area contributed by atoms with E-state index in [0.717, 1.165) is 24.0 Å². The second-order valence-corrected chi connectivity index (χ2v) is 4.55. The molecule has 0 heterocycles. The minimum atomic E-state index is -0.360. The van der Waals surface area contributed by atoms with Gasteiger partial charge in [0.25, 0.3) is 5.91 Å². The van der Waals surface area contributed by atoms with Crippen LogP contribution in [-0.2, 0) is 16.0 Å². The molecule has 2 rings (SSSR count). The number of aliphatic hydroxyl groups excluding tert-OH is 1. The summed E-state index contributed by atoms with van der Waals surface area (Å²) in [4.78, 5) is 11.4. The lowest BCUT2D eigenvalue weighted by Crippen LogP contribution is -2.31. The van der Waals surface area contributed by atoms with Gasteiger partial charge in [-0.15, -0.1) is 0 Å². The van der Waals surface area contributed by atoms with Gasteiger partial charge < -0.3 is 19.9 Å². The van der Waals surface area contributed by atoms with Gasteiger partial charge in [-0.25, -0.2) is 0 Å². The fourth-order valence-electron chi connectivity index (χ4n) is 2.15. The fourth-order valence-corrected chi connectivity index (χ4v) is 2.15. The molecule has 5 heteroatoms. The number of nitrogens with one attached hydrogen (secondary N) is 1. The predicted molar refractivity (Wildman–Crippen MR) is 70.1 cm³/mol. The summed E-state index contributed by atoms with van der Waals surface area (Å²) in [5, 5.41) is 12.4. The first-order valence-corrected chi connectivity index (χ1v) is 6.40. The fraction of sp³-hybridized carbons (Fsp3) is 0.500. The quantitative estimate of drug-likeness (QED) is 0.747. The van der Waals surface area contributed by atoms with E-state index in [1.807, 2.05) is 12.1 Å². The van der Waals surface area contributed by atoms with E-state index in [1.165, 1.54) is 0 Å². The van der Waals surface area contributed by atoms with E-state index in [9.17, 15) is 9.90 Å². The molecule has 0 spiro atoms. The van der Waals surface area contributed by atoms with Crippen molar-refractivity contribution >= 4 is 5.91 Å². The van der Waals surface area contributed by atoms with Crippen molar-refractivity contribution < 1.29 is 19.4 Å². The number of hydrogen-bond donors (Lipinski definition) is 2. The third-order valence-corrected chi connectivity index (χ3v) is 3.16. The van der Waals surface area contributed by atoms with Crippen LogP contribution in [0.25, 0.3) is 0 Å². The van der Waals surface area contributed by atoms with Crippen molar-refractivity contribution in [2.24, 2.45) is 0 Å². The minimum absolute atomic E-state index is 0.00887. The third kappa shape index (κ3) is 3.68. The van der Waals surface area contributed by atoms with Crippen LogP contribution in [0.15, 0.2) is 18.2 Å². The number of carbonyl (C=O) groups is 1. The Morgan fingerprint density at radius 2 is 2.37 bits per heavy atom. The first-order valence-electron chi connectivity index (χ1n) is 6.40. The summed E-state index contributed by atoms with van der Waals surface area (Å²) < 4.78 is 10.3. The molecule has 0 radical (unpaired) electrons. The second kappa shape index (κ2) is 6.54. The topological polar surface area (TPSA) is 67.8 Å². The molecule has 2 N–H and O–H groups in total. The lowest BCUT2D eigenvalue weighted by atomic mass is 10.1. The average molecular weight is 265 g/mol. The highest BCUT2D eigenvalue weighted by molar-refractivity contribution is 5.77. The SMILES string of the molecule is COCCNC(=O)COc1ccc2c(c1)CC[C@H]2O. The Hall–Kier alpha value is -1.59. The van der Waals surface area contributed by atoms with Crippen molar-refractivity contribution in [3.63, 3.8) is 0 Å². The van der Waals surface area contributed by atoms with Gasteiger partial charge in [-0.05, 0) is 36.1 Å². The Labute approximate surface area is 112 Å². The van der Waals surface area contributed by atoms with E-state index >= 15 is 0 Å². The van der Waals surface area contributed by atoms with E-state index in [0.29, 0.717) is 18.9 Å². The van der Waals surface area contributed by atoms with Crippen molar-refractivity contribution in [1.29, 1.82) is 0 Å². The van der Waals surface area contributed by atoms with Crippen molar-refractivity contribution in [3.05, 3.63) is 29.3 Å². The molecule has 104 valence electrons. The molecule has 1 aliphatic rings. The maximum absolute atomic E-state index is 11.4. The second-order valence-electron chi connectivity index (χ2n) is 4.55. The summed E-state index contributed by atoms with van der Waals surface area (Å²) in [6, 6.07) is 5.55. The smallest absolute Gasteiger partial charge is 0.258 e. The van der Waals surface area contributed by atoms with Crippen LogP contribution in [-0.4, -0.2) is 37.9 Å². The van der Waals surface area contributed by atoms with Gasteiger partial charge >= 0.3 is 0 Å². The zero-order valence-electron chi connectivity index (χ0n) is 11.0. The normalized spacial score (nSPS) is 17.1. The summed E-state index contributed by atoms with van der Waals surface area (Å²) in [6.45, 7) is 0.961. The van der Waals surface area contributed by atoms with Gasteiger partial charge in [-0.2, -0.15) is 0 Å². The summed E-state index contributed by atoms with van der Waals surface area (Å²) in [5.74, 6) is 0.493. The van der Waals surface area contributed by atoms with Crippen LogP contribution in [0.4, 0.5) is 0 Å². The van der Waals surface area contributed by atoms with Gasteiger partial charge in [0, 0.05) is 13.7 Å². The highest BCUT2D eigenvalue weighted by Crippen LogP contribution is 2.33. The molecule has 1 aliphatic carbocycles. The monoisotopic (exact) mass is 265 g/mol. The van der Waals surface area contributed by atoms with Crippen LogP contribution in [0, 0.1) is 0 Å². The number of benzene rings is 1. The highest BCUT2D eigenvalue weighted by Gasteiger charge is 2.20. The lowest BCUT2D eigenvalue weighted by molar-refractivity contribution is -0.123. The van der Waals surface area contributed by atoms with Gasteiger partial charge in [0.15, 0.2) is 6.61 Å². The third-order valence-electron chi connectivity index (χ3n) is 3.16. The molecule has 0 unspecified atom stereocenters. The predicted octanol–water partition coefficient (Wildman–Crippen LogP) is 0.808. The largest absolute Gasteiger partial charge is 0.484 e. The molecule has 0 aromatic heterocycles. The van der Waals surface area contributed by atoms with E-state index in [2.05, 4.69) is 5.32 Å². The molecular weight excluding hydrogens is 246 g/mol. The lowest BCUT2D eigenvalue weighted by Gasteiger charge is -2.09. The Morgan fingerprint density at radius 3 is 3.16 bits per heavy atom. The molecule has 0 saturated heterocycles. The molecule has 1 aromatic rings. The van der Waals surface area contributed by atoms with Crippen molar-refractivity contribution in [2.45, 2.75) is 18.9 Å². The molecule has 0 bridgehead atoms. The van der Waals surface area contributed by atoms with E-state index in [1.54, 1.807) is 13.2 Å². The Bertz CT molecular complexity index is 447. The number of carbonyl (C=O) groups excluding carboxylic acids is 1. The van der Waals surface area contributed by atoms with Crippen molar-refractivity contribution in [2.75, 3.05) is 26.9 Å². The summed E-state index contributed by atoms with van der Waals surface area (Å²) in [6.07, 6.45) is 1.26. The zero-order valence-corrected chi connectivity index (χ0v) is 11.0. The van der Waals surface area contributed by atoms with Crippen LogP contribution in [0.1, 0.15) is 23.7 Å². The van der Waals surface area contributed by atoms with Gasteiger partial charge in [0.2, 0.25) is 0 Å². The molecule has 1 atom stereocenters. The molecule has 1 aromatic carbocycles. The van der Waals surface area contributed by atoms with Gasteiger partial charge in [0.05, 0.1) is 12.7 Å². The van der Waals surface area contributed by atoms with Crippen LogP contribution in [0.3, 0.4) is 0 Å². The van der Waals surface area contributed by atoms with Crippen LogP contribution >= 0.6 is 0 Å². The van der Waals surface area contributed by atoms with Crippen molar-refractivity contribution in [1.82, 2.24) is 5.32 Å². The number of aliphatic hydroxyl groups is 1. The van der Waals surface area contributed by atoms with Gasteiger partial charge in [0.1, 0.15) is 5.75 Å². The van der Waals surface area contributed by atoms with Crippen LogP contribution in [0.2, 0.25) is 0 Å². The number of amides is 1. The zero-order chi connectivity index (χ0) is 13.7. The number of rotatable bonds is 6. The molecule has 0 saturated carbocycles. The molecule has 0 aliphatic heterocycles. The van der Waals surface area contributed by atoms with Gasteiger partial charge in [-0.1, -0.05) is 6.07 Å². The van der Waals surface area contributed by atoms with E-state index < -0.39 is 0 Å². The number of hydrogen-bond acceptors (Lipinski definition) is 4. The van der Waals surface area contributed by atoms with E-state index in [-0.39, 0.29) is 18.6 Å². The standard InChI is InChI=1S/C14H19NO4/c1-18-7-6-15-14(17)9-19-11-3-4-12-10(8-11)2-5-13(12)16/h3-4,8,13,16H,2,5-7,9H2,1H3,(H,15,17)/t13-/m1/s1. The first kappa shape index (κ1) is 13.8. The maximum Gasteiger partial charge on any atom is 0.258 e. The van der Waals surface area contributed by atoms with Gasteiger partial charge in [-0.3, -0.25) is 4.79 Å². The highest BCUT2D eigenvalue weighted by atomic mass is 16.5. The first-order chi connectivity index (χ1) is 9.20. The maximum atomic E-state index is 11.4. The number of fused-ring (bicyclic) bond motifs is 1. The molecule has 5 nitrogen and oxygen atoms in total. The molecule has 19 heavy (non-hydrogen) atoms. The molecule has 1 amide bonds. The number of methoxy groups -OCH3 is 1. The molecule has 0 fully saturated rings. The van der Waals surface area contributed by atoms with Crippen molar-refractivity contribution in [3.8, 4) is 5.75 Å². The number of aryl methyl sites for hydroxylation is 1. The summed E-state index contributed by atoms with van der Waals surface area (Å²) >= 11 is 0. The number of ether oxygens (including phenoxy) is 2. The van der Waals surface area contributed by atoms with E-state index in [4.69, 9.17) is 9.47 Å². The average Bonchev–Trinajstić information content (AvgIpc) is 2.78. The Kier molecular flexibility index (Phi) is 4.76. The molecular formula is C14H19NO4.